The number of hydrogen-bond acceptors (Lipinski definition) is 3. The Kier molecular flexibility index (Phi) is 10.3. The van der Waals surface area contributed by atoms with Crippen molar-refractivity contribution in [3.8, 4) is 11.4 Å². The third-order valence-corrected chi connectivity index (χ3v) is 6.56. The predicted molar refractivity (Wildman–Crippen MR) is 155 cm³/mol. The van der Waals surface area contributed by atoms with E-state index in [2.05, 4.69) is 65.5 Å². The summed E-state index contributed by atoms with van der Waals surface area (Å²) in [4.78, 5) is 12.1. The standard InChI is InChI=1S/C32H42N2O2/c1-9-11-28-29(20-35)32(33)34(31-19-27(36)16-13-24(31)7)30(28)17-14-23(6)26(15-12-22(5)10-2)18-25(8)21(3)4/h11-22,36H,8-10,33H2,1-7H3/b15-12?,23-14+,26-18+,28-11+,30-17+. The molecular weight excluding hydrogens is 444 g/mol. The van der Waals surface area contributed by atoms with Gasteiger partial charge in [-0.3, -0.25) is 9.36 Å². The van der Waals surface area contributed by atoms with Crippen molar-refractivity contribution in [1.29, 1.82) is 0 Å². The Bertz CT molecular complexity index is 1320. The summed E-state index contributed by atoms with van der Waals surface area (Å²) in [5, 5.41) is 11.8. The molecule has 0 spiro atoms. The molecule has 0 radical (unpaired) electrons. The minimum atomic E-state index is 0.141. The molecule has 1 heterocycles. The molecule has 192 valence electrons. The van der Waals surface area contributed by atoms with Gasteiger partial charge in [-0.25, -0.2) is 0 Å². The van der Waals surface area contributed by atoms with E-state index in [-0.39, 0.29) is 5.75 Å². The Hall–Kier alpha value is -3.53. The summed E-state index contributed by atoms with van der Waals surface area (Å²) < 4.78 is 1.86. The van der Waals surface area contributed by atoms with Crippen LogP contribution in [0.5, 0.6) is 5.75 Å². The highest BCUT2D eigenvalue weighted by molar-refractivity contribution is 5.84. The highest BCUT2D eigenvalue weighted by Crippen LogP contribution is 2.22. The van der Waals surface area contributed by atoms with Crippen LogP contribution in [-0.4, -0.2) is 16.0 Å². The molecule has 4 heteroatoms. The van der Waals surface area contributed by atoms with Gasteiger partial charge in [0.1, 0.15) is 11.6 Å². The molecular formula is C32H42N2O2. The Balaban J connectivity index is 2.87. The van der Waals surface area contributed by atoms with Crippen molar-refractivity contribution in [2.24, 2.45) is 11.8 Å². The van der Waals surface area contributed by atoms with Gasteiger partial charge in [0, 0.05) is 11.3 Å². The first-order valence-electron chi connectivity index (χ1n) is 12.8. The quantitative estimate of drug-likeness (QED) is 0.296. The molecule has 2 aromatic rings. The van der Waals surface area contributed by atoms with Gasteiger partial charge in [0.25, 0.3) is 0 Å². The lowest BCUT2D eigenvalue weighted by molar-refractivity contribution is 0.112. The summed E-state index contributed by atoms with van der Waals surface area (Å²) in [6, 6.07) is 5.17. The van der Waals surface area contributed by atoms with Gasteiger partial charge in [-0.05, 0) is 61.0 Å². The predicted octanol–water partition coefficient (Wildman–Crippen LogP) is 6.54. The largest absolute Gasteiger partial charge is 0.508 e. The number of nitrogen functional groups attached to an aromatic ring is 1. The number of aromatic hydroxyl groups is 1. The van der Waals surface area contributed by atoms with Crippen molar-refractivity contribution < 1.29 is 9.90 Å². The second-order valence-electron chi connectivity index (χ2n) is 9.72. The number of rotatable bonds is 10. The van der Waals surface area contributed by atoms with E-state index in [1.165, 1.54) is 0 Å². The first kappa shape index (κ1) is 28.7. The Labute approximate surface area is 216 Å². The van der Waals surface area contributed by atoms with Crippen molar-refractivity contribution in [2.45, 2.75) is 61.3 Å². The molecule has 0 aliphatic rings. The van der Waals surface area contributed by atoms with Crippen molar-refractivity contribution in [3.05, 3.63) is 87.5 Å². The van der Waals surface area contributed by atoms with Gasteiger partial charge in [-0.15, -0.1) is 0 Å². The Morgan fingerprint density at radius 2 is 1.92 bits per heavy atom. The second-order valence-corrected chi connectivity index (χ2v) is 9.72. The van der Waals surface area contributed by atoms with Crippen LogP contribution in [0, 0.1) is 18.8 Å². The number of aldehydes is 1. The summed E-state index contributed by atoms with van der Waals surface area (Å²) >= 11 is 0. The number of carbonyl (C=O) groups excluding carboxylic acids is 1. The van der Waals surface area contributed by atoms with E-state index in [1.54, 1.807) is 12.1 Å². The number of aryl methyl sites for hydroxylation is 1. The molecule has 0 saturated heterocycles. The number of carbonyl (C=O) groups is 1. The molecule has 0 saturated carbocycles. The number of hydrogen-bond donors (Lipinski definition) is 2. The number of allylic oxidation sites excluding steroid dienone is 7. The zero-order valence-electron chi connectivity index (χ0n) is 22.9. The van der Waals surface area contributed by atoms with Crippen LogP contribution in [0.2, 0.25) is 0 Å². The van der Waals surface area contributed by atoms with E-state index in [0.717, 1.165) is 57.7 Å². The molecule has 0 bridgehead atoms. The monoisotopic (exact) mass is 486 g/mol. The molecule has 1 aromatic carbocycles. The lowest BCUT2D eigenvalue weighted by Crippen LogP contribution is -2.30. The van der Waals surface area contributed by atoms with Crippen LogP contribution in [0.4, 0.5) is 5.82 Å². The highest BCUT2D eigenvalue weighted by Gasteiger charge is 2.15. The molecule has 4 nitrogen and oxygen atoms in total. The van der Waals surface area contributed by atoms with Crippen LogP contribution in [0.1, 0.15) is 70.3 Å². The number of phenolic OH excluding ortho intramolecular Hbond substituents is 1. The van der Waals surface area contributed by atoms with E-state index in [9.17, 15) is 9.90 Å². The molecule has 0 fully saturated rings. The van der Waals surface area contributed by atoms with Gasteiger partial charge in [0.15, 0.2) is 6.29 Å². The number of anilines is 1. The molecule has 1 unspecified atom stereocenters. The fourth-order valence-electron chi connectivity index (χ4n) is 3.82. The third kappa shape index (κ3) is 6.78. The van der Waals surface area contributed by atoms with E-state index >= 15 is 0 Å². The maximum atomic E-state index is 12.1. The number of phenols is 1. The summed E-state index contributed by atoms with van der Waals surface area (Å²) in [6.07, 6.45) is 15.3. The molecule has 0 amide bonds. The fraction of sp³-hybridized carbons (Fsp3) is 0.344. The first-order chi connectivity index (χ1) is 17.0. The molecule has 3 N–H and O–H groups in total. The summed E-state index contributed by atoms with van der Waals surface area (Å²) in [6.45, 7) is 19.0. The van der Waals surface area contributed by atoms with Gasteiger partial charge in [-0.1, -0.05) is 89.6 Å². The zero-order chi connectivity index (χ0) is 27.0. The lowest BCUT2D eigenvalue weighted by atomic mass is 9.97. The first-order valence-corrected chi connectivity index (χ1v) is 12.8. The number of nitrogens with two attached hydrogens (primary N) is 1. The normalized spacial score (nSPS) is 14.8. The third-order valence-electron chi connectivity index (χ3n) is 6.56. The van der Waals surface area contributed by atoms with Crippen molar-refractivity contribution >= 4 is 24.3 Å². The topological polar surface area (TPSA) is 68.2 Å². The number of nitrogens with zero attached hydrogens (tertiary/aromatic N) is 1. The SMILES string of the molecule is C=C(/C=C(C=CC(C)CC)/C(C)=C/C=c1\c(=C\CC)c(C=O)c(N)n1-c1cc(O)ccc1C)C(C)C. The molecule has 0 aliphatic carbocycles. The Morgan fingerprint density at radius 1 is 1.22 bits per heavy atom. The van der Waals surface area contributed by atoms with E-state index in [1.807, 2.05) is 36.6 Å². The smallest absolute Gasteiger partial charge is 0.154 e. The van der Waals surface area contributed by atoms with Crippen molar-refractivity contribution in [3.63, 3.8) is 0 Å². The number of aromatic nitrogens is 1. The van der Waals surface area contributed by atoms with E-state index in [0.29, 0.717) is 23.2 Å². The second kappa shape index (κ2) is 13.0. The number of benzene rings is 1. The van der Waals surface area contributed by atoms with Crippen LogP contribution in [0.25, 0.3) is 17.8 Å². The van der Waals surface area contributed by atoms with Gasteiger partial charge in [-0.2, -0.15) is 0 Å². The van der Waals surface area contributed by atoms with Crippen LogP contribution in [0.3, 0.4) is 0 Å². The maximum absolute atomic E-state index is 12.1. The molecule has 1 atom stereocenters. The van der Waals surface area contributed by atoms with Crippen molar-refractivity contribution in [2.75, 3.05) is 5.73 Å². The van der Waals surface area contributed by atoms with Gasteiger partial charge in [0.2, 0.25) is 0 Å². The molecule has 2 rings (SSSR count). The highest BCUT2D eigenvalue weighted by atomic mass is 16.3. The van der Waals surface area contributed by atoms with E-state index < -0.39 is 0 Å². The summed E-state index contributed by atoms with van der Waals surface area (Å²) in [7, 11) is 0. The van der Waals surface area contributed by atoms with Crippen LogP contribution in [0.15, 0.2) is 65.8 Å². The lowest BCUT2D eigenvalue weighted by Gasteiger charge is -2.11. The molecule has 1 aromatic heterocycles. The zero-order valence-corrected chi connectivity index (χ0v) is 22.9. The summed E-state index contributed by atoms with van der Waals surface area (Å²) in [5.41, 5.74) is 11.9. The molecule has 0 aliphatic heterocycles. The fourth-order valence-corrected chi connectivity index (χ4v) is 3.82. The minimum absolute atomic E-state index is 0.141. The Morgan fingerprint density at radius 3 is 2.50 bits per heavy atom. The minimum Gasteiger partial charge on any atom is -0.508 e. The van der Waals surface area contributed by atoms with Gasteiger partial charge < -0.3 is 10.8 Å². The molecule has 36 heavy (non-hydrogen) atoms. The average Bonchev–Trinajstić information content (AvgIpc) is 3.11. The summed E-state index contributed by atoms with van der Waals surface area (Å²) in [5.74, 6) is 1.32. The van der Waals surface area contributed by atoms with Gasteiger partial charge >= 0.3 is 0 Å². The van der Waals surface area contributed by atoms with Gasteiger partial charge in [0.05, 0.1) is 16.6 Å². The van der Waals surface area contributed by atoms with E-state index in [4.69, 9.17) is 5.73 Å². The van der Waals surface area contributed by atoms with Crippen LogP contribution >= 0.6 is 0 Å². The van der Waals surface area contributed by atoms with Crippen LogP contribution < -0.4 is 16.3 Å². The van der Waals surface area contributed by atoms with Crippen LogP contribution in [-0.2, 0) is 0 Å². The van der Waals surface area contributed by atoms with Crippen molar-refractivity contribution in [1.82, 2.24) is 4.57 Å². The maximum Gasteiger partial charge on any atom is 0.154 e. The average molecular weight is 487 g/mol.